The lowest BCUT2D eigenvalue weighted by Gasteiger charge is -2.03. The van der Waals surface area contributed by atoms with E-state index in [4.69, 9.17) is 4.42 Å². The van der Waals surface area contributed by atoms with Crippen molar-refractivity contribution in [2.45, 2.75) is 18.7 Å². The number of rotatable bonds is 4. The van der Waals surface area contributed by atoms with E-state index in [1.54, 1.807) is 18.2 Å². The van der Waals surface area contributed by atoms with Gasteiger partial charge in [0.2, 0.25) is 15.7 Å². The fourth-order valence-corrected chi connectivity index (χ4v) is 1.94. The van der Waals surface area contributed by atoms with Crippen molar-refractivity contribution in [1.29, 1.82) is 0 Å². The number of benzene rings is 1. The second-order valence-electron chi connectivity index (χ2n) is 4.29. The van der Waals surface area contributed by atoms with Crippen LogP contribution in [0.25, 0.3) is 0 Å². The van der Waals surface area contributed by atoms with Crippen molar-refractivity contribution >= 4 is 15.7 Å². The van der Waals surface area contributed by atoms with Crippen molar-refractivity contribution in [3.05, 3.63) is 41.3 Å². The molecule has 0 bridgehead atoms. The molecule has 2 rings (SSSR count). The van der Waals surface area contributed by atoms with Gasteiger partial charge in [-0.2, -0.15) is 0 Å². The Morgan fingerprint density at radius 2 is 2.10 bits per heavy atom. The van der Waals surface area contributed by atoms with Crippen LogP contribution >= 0.6 is 0 Å². The van der Waals surface area contributed by atoms with E-state index >= 15 is 0 Å². The van der Waals surface area contributed by atoms with Crippen LogP contribution in [0.2, 0.25) is 0 Å². The number of aryl methyl sites for hydroxylation is 1. The van der Waals surface area contributed by atoms with Crippen molar-refractivity contribution in [1.82, 2.24) is 15.5 Å². The fourth-order valence-electron chi connectivity index (χ4n) is 1.50. The first-order valence-electron chi connectivity index (χ1n) is 5.73. The fraction of sp³-hybridized carbons (Fsp3) is 0.250. The molecule has 0 aliphatic rings. The van der Waals surface area contributed by atoms with Gasteiger partial charge in [0.1, 0.15) is 0 Å². The lowest BCUT2D eigenvalue weighted by molar-refractivity contribution is 0.0946. The van der Waals surface area contributed by atoms with Crippen LogP contribution in [0.15, 0.2) is 33.9 Å². The lowest BCUT2D eigenvalue weighted by atomic mass is 10.1. The molecule has 106 valence electrons. The third-order valence-electron chi connectivity index (χ3n) is 2.45. The average molecular weight is 295 g/mol. The van der Waals surface area contributed by atoms with Crippen LogP contribution in [0.5, 0.6) is 0 Å². The van der Waals surface area contributed by atoms with Crippen molar-refractivity contribution in [2.75, 3.05) is 6.26 Å². The van der Waals surface area contributed by atoms with E-state index in [-0.39, 0.29) is 18.3 Å². The van der Waals surface area contributed by atoms with Crippen LogP contribution in [-0.4, -0.2) is 30.8 Å². The number of nitrogens with zero attached hydrogens (tertiary/aromatic N) is 2. The second kappa shape index (κ2) is 5.41. The first kappa shape index (κ1) is 14.2. The summed E-state index contributed by atoms with van der Waals surface area (Å²) in [6.45, 7) is 1.85. The molecule has 8 heteroatoms. The Bertz CT molecular complexity index is 737. The zero-order valence-corrected chi connectivity index (χ0v) is 11.8. The number of hydrogen-bond acceptors (Lipinski definition) is 6. The van der Waals surface area contributed by atoms with Gasteiger partial charge < -0.3 is 9.73 Å². The van der Waals surface area contributed by atoms with E-state index < -0.39 is 15.1 Å². The number of carbonyl (C=O) groups excluding carboxylic acids is 1. The van der Waals surface area contributed by atoms with Crippen LogP contribution in [0, 0.1) is 6.92 Å². The number of hydrogen-bond donors (Lipinski definition) is 1. The number of aromatic nitrogens is 2. The largest absolute Gasteiger partial charge is 0.411 e. The first-order valence-corrected chi connectivity index (χ1v) is 7.63. The average Bonchev–Trinajstić information content (AvgIpc) is 2.84. The SMILES string of the molecule is Cc1cccc(C(=O)NCc2nnc(S(C)(=O)=O)o2)c1. The summed E-state index contributed by atoms with van der Waals surface area (Å²) in [6, 6.07) is 7.08. The van der Waals surface area contributed by atoms with Crippen molar-refractivity contribution in [3.63, 3.8) is 0 Å². The number of carbonyl (C=O) groups is 1. The highest BCUT2D eigenvalue weighted by Crippen LogP contribution is 2.07. The van der Waals surface area contributed by atoms with Gasteiger partial charge >= 0.3 is 5.22 Å². The Morgan fingerprint density at radius 1 is 1.35 bits per heavy atom. The molecule has 0 saturated heterocycles. The Morgan fingerprint density at radius 3 is 2.70 bits per heavy atom. The van der Waals surface area contributed by atoms with Gasteiger partial charge in [-0.15, -0.1) is 5.10 Å². The molecule has 1 heterocycles. The maximum absolute atomic E-state index is 11.9. The van der Waals surface area contributed by atoms with E-state index in [1.807, 2.05) is 13.0 Å². The third-order valence-corrected chi connectivity index (χ3v) is 3.25. The molecule has 1 aromatic heterocycles. The van der Waals surface area contributed by atoms with Gasteiger partial charge in [0.25, 0.3) is 5.91 Å². The quantitative estimate of drug-likeness (QED) is 0.891. The minimum Gasteiger partial charge on any atom is -0.411 e. The molecule has 0 aliphatic carbocycles. The molecule has 20 heavy (non-hydrogen) atoms. The van der Waals surface area contributed by atoms with E-state index in [0.717, 1.165) is 11.8 Å². The Labute approximate surface area is 115 Å². The molecule has 1 amide bonds. The van der Waals surface area contributed by atoms with E-state index in [2.05, 4.69) is 15.5 Å². The minimum atomic E-state index is -3.53. The van der Waals surface area contributed by atoms with Gasteiger partial charge in [-0.1, -0.05) is 22.8 Å². The maximum atomic E-state index is 11.9. The second-order valence-corrected chi connectivity index (χ2v) is 6.18. The summed E-state index contributed by atoms with van der Waals surface area (Å²) in [4.78, 5) is 11.9. The summed E-state index contributed by atoms with van der Waals surface area (Å²) in [5.41, 5.74) is 1.47. The van der Waals surface area contributed by atoms with Crippen LogP contribution < -0.4 is 5.32 Å². The number of nitrogens with one attached hydrogen (secondary N) is 1. The van der Waals surface area contributed by atoms with Crippen LogP contribution in [0.3, 0.4) is 0 Å². The predicted octanol–water partition coefficient (Wildman–Crippen LogP) is 0.712. The summed E-state index contributed by atoms with van der Waals surface area (Å²) in [7, 11) is -3.53. The molecular formula is C12H13N3O4S. The molecule has 0 unspecified atom stereocenters. The maximum Gasteiger partial charge on any atom is 0.335 e. The molecule has 0 saturated carbocycles. The van der Waals surface area contributed by atoms with Gasteiger partial charge in [0.05, 0.1) is 6.54 Å². The molecule has 0 spiro atoms. The summed E-state index contributed by atoms with van der Waals surface area (Å²) in [6.07, 6.45) is 0.968. The minimum absolute atomic E-state index is 0.0324. The van der Waals surface area contributed by atoms with Crippen LogP contribution in [0.1, 0.15) is 21.8 Å². The lowest BCUT2D eigenvalue weighted by Crippen LogP contribution is -2.23. The zero-order chi connectivity index (χ0) is 14.8. The number of sulfone groups is 1. The van der Waals surface area contributed by atoms with Crippen molar-refractivity contribution in [2.24, 2.45) is 0 Å². The topological polar surface area (TPSA) is 102 Å². The summed E-state index contributed by atoms with van der Waals surface area (Å²) >= 11 is 0. The first-order chi connectivity index (χ1) is 9.36. The molecular weight excluding hydrogens is 282 g/mol. The smallest absolute Gasteiger partial charge is 0.335 e. The van der Waals surface area contributed by atoms with Gasteiger partial charge in [-0.3, -0.25) is 4.79 Å². The van der Waals surface area contributed by atoms with Crippen LogP contribution in [-0.2, 0) is 16.4 Å². The third kappa shape index (κ3) is 3.41. The van der Waals surface area contributed by atoms with Gasteiger partial charge in [-0.05, 0) is 19.1 Å². The molecule has 0 fully saturated rings. The molecule has 2 aromatic rings. The summed E-state index contributed by atoms with van der Waals surface area (Å²) in [5, 5.41) is 9.07. The predicted molar refractivity (Wildman–Crippen MR) is 69.8 cm³/mol. The van der Waals surface area contributed by atoms with E-state index in [9.17, 15) is 13.2 Å². The summed E-state index contributed by atoms with van der Waals surface area (Å²) < 4.78 is 27.3. The summed E-state index contributed by atoms with van der Waals surface area (Å²) in [5.74, 6) is -0.265. The van der Waals surface area contributed by atoms with Crippen molar-refractivity contribution in [3.8, 4) is 0 Å². The molecule has 1 aromatic carbocycles. The molecule has 0 atom stereocenters. The standard InChI is InChI=1S/C12H13N3O4S/c1-8-4-3-5-9(6-8)11(16)13-7-10-14-15-12(19-10)20(2,17)18/h3-6H,7H2,1-2H3,(H,13,16). The molecule has 0 aliphatic heterocycles. The van der Waals surface area contributed by atoms with E-state index in [1.165, 1.54) is 0 Å². The Hall–Kier alpha value is -2.22. The van der Waals surface area contributed by atoms with Crippen LogP contribution in [0.4, 0.5) is 0 Å². The van der Waals surface area contributed by atoms with Gasteiger partial charge in [0.15, 0.2) is 0 Å². The number of amides is 1. The Kier molecular flexibility index (Phi) is 3.84. The monoisotopic (exact) mass is 295 g/mol. The highest BCUT2D eigenvalue weighted by atomic mass is 32.2. The van der Waals surface area contributed by atoms with Crippen molar-refractivity contribution < 1.29 is 17.6 Å². The van der Waals surface area contributed by atoms with E-state index in [0.29, 0.717) is 5.56 Å². The van der Waals surface area contributed by atoms with Gasteiger partial charge in [0, 0.05) is 11.8 Å². The Balaban J connectivity index is 2.02. The molecule has 0 radical (unpaired) electrons. The highest BCUT2D eigenvalue weighted by molar-refractivity contribution is 7.90. The normalized spacial score (nSPS) is 11.3. The zero-order valence-electron chi connectivity index (χ0n) is 11.0. The highest BCUT2D eigenvalue weighted by Gasteiger charge is 2.16. The molecule has 7 nitrogen and oxygen atoms in total. The molecule has 1 N–H and O–H groups in total. The van der Waals surface area contributed by atoms with Gasteiger partial charge in [-0.25, -0.2) is 8.42 Å².